The van der Waals surface area contributed by atoms with Gasteiger partial charge in [0.05, 0.1) is 12.2 Å². The van der Waals surface area contributed by atoms with Crippen molar-refractivity contribution in [3.63, 3.8) is 0 Å². The molecule has 1 aromatic rings. The molecule has 0 aliphatic heterocycles. The van der Waals surface area contributed by atoms with Crippen molar-refractivity contribution in [2.45, 2.75) is 44.8 Å². The van der Waals surface area contributed by atoms with Crippen LogP contribution in [0.1, 0.15) is 44.3 Å². The molecule has 0 spiro atoms. The van der Waals surface area contributed by atoms with Crippen LogP contribution in [-0.4, -0.2) is 19.2 Å². The van der Waals surface area contributed by atoms with E-state index in [2.05, 4.69) is 42.6 Å². The van der Waals surface area contributed by atoms with Gasteiger partial charge in [0.1, 0.15) is 0 Å². The topological polar surface area (TPSA) is 21.3 Å². The van der Waals surface area contributed by atoms with E-state index in [0.29, 0.717) is 6.10 Å². The van der Waals surface area contributed by atoms with E-state index in [0.717, 1.165) is 13.1 Å². The van der Waals surface area contributed by atoms with Crippen molar-refractivity contribution in [3.8, 4) is 0 Å². The first-order valence-corrected chi connectivity index (χ1v) is 6.81. The number of hydrogen-bond acceptors (Lipinski definition) is 2. The maximum atomic E-state index is 6.24. The standard InChI is InChI=1S/C15H23NO/c1-2-16-12-15(13-8-4-3-5-9-13)17-14-10-6-7-11-14/h3-5,8-9,14-16H,2,6-7,10-12H2,1H3. The minimum Gasteiger partial charge on any atom is -0.369 e. The predicted octanol–water partition coefficient (Wildman–Crippen LogP) is 3.30. The van der Waals surface area contributed by atoms with Gasteiger partial charge < -0.3 is 10.1 Å². The molecule has 1 aliphatic rings. The quantitative estimate of drug-likeness (QED) is 0.814. The first-order valence-electron chi connectivity index (χ1n) is 6.81. The summed E-state index contributed by atoms with van der Waals surface area (Å²) in [4.78, 5) is 0. The zero-order valence-electron chi connectivity index (χ0n) is 10.7. The van der Waals surface area contributed by atoms with Crippen molar-refractivity contribution in [1.82, 2.24) is 5.32 Å². The molecule has 1 atom stereocenters. The fourth-order valence-electron chi connectivity index (χ4n) is 2.44. The van der Waals surface area contributed by atoms with Crippen molar-refractivity contribution >= 4 is 0 Å². The average Bonchev–Trinajstić information content (AvgIpc) is 2.88. The highest BCUT2D eigenvalue weighted by Crippen LogP contribution is 2.27. The van der Waals surface area contributed by atoms with Gasteiger partial charge in [-0.2, -0.15) is 0 Å². The lowest BCUT2D eigenvalue weighted by molar-refractivity contribution is -0.00849. The van der Waals surface area contributed by atoms with E-state index < -0.39 is 0 Å². The summed E-state index contributed by atoms with van der Waals surface area (Å²) in [5.74, 6) is 0. The van der Waals surface area contributed by atoms with Crippen LogP contribution in [0.25, 0.3) is 0 Å². The molecule has 1 aromatic carbocycles. The van der Waals surface area contributed by atoms with Gasteiger partial charge in [0.15, 0.2) is 0 Å². The molecule has 0 radical (unpaired) electrons. The number of rotatable bonds is 6. The molecule has 94 valence electrons. The molecule has 2 heteroatoms. The lowest BCUT2D eigenvalue weighted by Gasteiger charge is -2.22. The molecule has 2 rings (SSSR count). The molecule has 1 saturated carbocycles. The fraction of sp³-hybridized carbons (Fsp3) is 0.600. The molecule has 0 heterocycles. The molecule has 1 unspecified atom stereocenters. The monoisotopic (exact) mass is 233 g/mol. The van der Waals surface area contributed by atoms with E-state index in [1.54, 1.807) is 0 Å². The Balaban J connectivity index is 1.97. The number of ether oxygens (including phenoxy) is 1. The number of benzene rings is 1. The van der Waals surface area contributed by atoms with Crippen molar-refractivity contribution in [2.75, 3.05) is 13.1 Å². The third kappa shape index (κ3) is 3.83. The zero-order chi connectivity index (χ0) is 11.9. The second kappa shape index (κ2) is 6.77. The fourth-order valence-corrected chi connectivity index (χ4v) is 2.44. The number of likely N-dealkylation sites (N-methyl/N-ethyl adjacent to an activating group) is 1. The van der Waals surface area contributed by atoms with Crippen molar-refractivity contribution in [3.05, 3.63) is 35.9 Å². The van der Waals surface area contributed by atoms with E-state index >= 15 is 0 Å². The molecule has 1 aliphatic carbocycles. The van der Waals surface area contributed by atoms with Crippen LogP contribution in [0.2, 0.25) is 0 Å². The van der Waals surface area contributed by atoms with Gasteiger partial charge in [-0.1, -0.05) is 50.1 Å². The third-order valence-corrected chi connectivity index (χ3v) is 3.41. The third-order valence-electron chi connectivity index (χ3n) is 3.41. The molecule has 1 N–H and O–H groups in total. The maximum Gasteiger partial charge on any atom is 0.0952 e. The van der Waals surface area contributed by atoms with E-state index in [4.69, 9.17) is 4.74 Å². The van der Waals surface area contributed by atoms with Gasteiger partial charge in [0.25, 0.3) is 0 Å². The molecule has 0 bridgehead atoms. The molecular weight excluding hydrogens is 210 g/mol. The van der Waals surface area contributed by atoms with Crippen molar-refractivity contribution in [1.29, 1.82) is 0 Å². The Bertz CT molecular complexity index is 306. The van der Waals surface area contributed by atoms with Gasteiger partial charge in [0, 0.05) is 6.54 Å². The van der Waals surface area contributed by atoms with Gasteiger partial charge in [0.2, 0.25) is 0 Å². The smallest absolute Gasteiger partial charge is 0.0952 e. The molecule has 0 aromatic heterocycles. The summed E-state index contributed by atoms with van der Waals surface area (Å²) in [7, 11) is 0. The van der Waals surface area contributed by atoms with Gasteiger partial charge in [-0.05, 0) is 24.9 Å². The molecule has 2 nitrogen and oxygen atoms in total. The second-order valence-electron chi connectivity index (χ2n) is 4.75. The van der Waals surface area contributed by atoms with Crippen LogP contribution in [0, 0.1) is 0 Å². The Morgan fingerprint density at radius 1 is 1.24 bits per heavy atom. The number of nitrogens with one attached hydrogen (secondary N) is 1. The van der Waals surface area contributed by atoms with Crippen LogP contribution < -0.4 is 5.32 Å². The molecule has 1 fully saturated rings. The van der Waals surface area contributed by atoms with Crippen molar-refractivity contribution in [2.24, 2.45) is 0 Å². The van der Waals surface area contributed by atoms with Gasteiger partial charge in [-0.3, -0.25) is 0 Å². The zero-order valence-corrected chi connectivity index (χ0v) is 10.7. The summed E-state index contributed by atoms with van der Waals surface area (Å²) < 4.78 is 6.24. The van der Waals surface area contributed by atoms with Crippen LogP contribution in [0.3, 0.4) is 0 Å². The van der Waals surface area contributed by atoms with E-state index in [1.165, 1.54) is 31.2 Å². The number of hydrogen-bond donors (Lipinski definition) is 1. The van der Waals surface area contributed by atoms with E-state index in [9.17, 15) is 0 Å². The minimum atomic E-state index is 0.208. The highest BCUT2D eigenvalue weighted by atomic mass is 16.5. The van der Waals surface area contributed by atoms with Crippen LogP contribution >= 0.6 is 0 Å². The lowest BCUT2D eigenvalue weighted by Crippen LogP contribution is -2.25. The summed E-state index contributed by atoms with van der Waals surface area (Å²) in [6.45, 7) is 4.05. The molecule has 0 amide bonds. The van der Waals surface area contributed by atoms with Crippen LogP contribution in [0.4, 0.5) is 0 Å². The summed E-state index contributed by atoms with van der Waals surface area (Å²) in [5.41, 5.74) is 1.29. The first-order chi connectivity index (χ1) is 8.40. The highest BCUT2D eigenvalue weighted by Gasteiger charge is 2.21. The normalized spacial score (nSPS) is 18.4. The summed E-state index contributed by atoms with van der Waals surface area (Å²) in [6.07, 6.45) is 5.80. The van der Waals surface area contributed by atoms with Gasteiger partial charge in [-0.15, -0.1) is 0 Å². The molecule has 0 saturated heterocycles. The Labute approximate surface area is 104 Å². The first kappa shape index (κ1) is 12.6. The van der Waals surface area contributed by atoms with Crippen LogP contribution in [0.5, 0.6) is 0 Å². The van der Waals surface area contributed by atoms with Crippen molar-refractivity contribution < 1.29 is 4.74 Å². The summed E-state index contributed by atoms with van der Waals surface area (Å²) in [5, 5.41) is 3.40. The van der Waals surface area contributed by atoms with Gasteiger partial charge in [-0.25, -0.2) is 0 Å². The summed E-state index contributed by atoms with van der Waals surface area (Å²) >= 11 is 0. The Morgan fingerprint density at radius 3 is 2.59 bits per heavy atom. The van der Waals surface area contributed by atoms with E-state index in [1.807, 2.05) is 0 Å². The Hall–Kier alpha value is -0.860. The van der Waals surface area contributed by atoms with Crippen LogP contribution in [-0.2, 0) is 4.74 Å². The maximum absolute atomic E-state index is 6.24. The largest absolute Gasteiger partial charge is 0.369 e. The SMILES string of the molecule is CCNCC(OC1CCCC1)c1ccccc1. The lowest BCUT2D eigenvalue weighted by atomic mass is 10.1. The Kier molecular flexibility index (Phi) is 5.02. The minimum absolute atomic E-state index is 0.208. The Morgan fingerprint density at radius 2 is 1.94 bits per heavy atom. The highest BCUT2D eigenvalue weighted by molar-refractivity contribution is 5.18. The summed E-state index contributed by atoms with van der Waals surface area (Å²) in [6, 6.07) is 10.6. The van der Waals surface area contributed by atoms with Gasteiger partial charge >= 0.3 is 0 Å². The molecular formula is C15H23NO. The average molecular weight is 233 g/mol. The van der Waals surface area contributed by atoms with E-state index in [-0.39, 0.29) is 6.10 Å². The predicted molar refractivity (Wildman–Crippen MR) is 71.1 cm³/mol. The second-order valence-corrected chi connectivity index (χ2v) is 4.75. The molecule has 17 heavy (non-hydrogen) atoms. The van der Waals surface area contributed by atoms with Crippen LogP contribution in [0.15, 0.2) is 30.3 Å².